The van der Waals surface area contributed by atoms with Crippen LogP contribution in [0.2, 0.25) is 10.0 Å². The molecule has 21 heavy (non-hydrogen) atoms. The molecule has 0 spiro atoms. The van der Waals surface area contributed by atoms with E-state index in [4.69, 9.17) is 28.9 Å². The van der Waals surface area contributed by atoms with Gasteiger partial charge in [-0.15, -0.1) is 0 Å². The van der Waals surface area contributed by atoms with Gasteiger partial charge in [-0.25, -0.2) is 8.78 Å². The van der Waals surface area contributed by atoms with Crippen molar-refractivity contribution in [2.45, 2.75) is 6.54 Å². The van der Waals surface area contributed by atoms with Crippen molar-refractivity contribution in [3.05, 3.63) is 63.1 Å². The Morgan fingerprint density at radius 2 is 1.90 bits per heavy atom. The fourth-order valence-corrected chi connectivity index (χ4v) is 2.13. The molecule has 0 saturated heterocycles. The molecule has 0 saturated carbocycles. The first kappa shape index (κ1) is 15.5. The van der Waals surface area contributed by atoms with Crippen LogP contribution in [0.5, 0.6) is 0 Å². The van der Waals surface area contributed by atoms with Crippen LogP contribution in [0.4, 0.5) is 14.5 Å². The summed E-state index contributed by atoms with van der Waals surface area (Å²) in [6, 6.07) is 5.88. The predicted molar refractivity (Wildman–Crippen MR) is 78.4 cm³/mol. The highest BCUT2D eigenvalue weighted by atomic mass is 35.5. The van der Waals surface area contributed by atoms with Crippen molar-refractivity contribution in [3.63, 3.8) is 0 Å². The summed E-state index contributed by atoms with van der Waals surface area (Å²) in [5.41, 5.74) is 6.11. The number of rotatable bonds is 3. The van der Waals surface area contributed by atoms with E-state index in [9.17, 15) is 13.6 Å². The van der Waals surface area contributed by atoms with Gasteiger partial charge in [-0.1, -0.05) is 29.3 Å². The van der Waals surface area contributed by atoms with Gasteiger partial charge < -0.3 is 11.1 Å². The van der Waals surface area contributed by atoms with Gasteiger partial charge in [-0.3, -0.25) is 4.79 Å². The van der Waals surface area contributed by atoms with E-state index in [0.717, 1.165) is 12.1 Å². The summed E-state index contributed by atoms with van der Waals surface area (Å²) < 4.78 is 26.2. The molecule has 2 rings (SSSR count). The second-order valence-electron chi connectivity index (χ2n) is 4.28. The van der Waals surface area contributed by atoms with Crippen molar-refractivity contribution >= 4 is 34.8 Å². The third kappa shape index (κ3) is 3.62. The van der Waals surface area contributed by atoms with Crippen molar-refractivity contribution in [2.24, 2.45) is 0 Å². The molecule has 110 valence electrons. The lowest BCUT2D eigenvalue weighted by Crippen LogP contribution is -2.24. The Kier molecular flexibility index (Phi) is 4.65. The van der Waals surface area contributed by atoms with Gasteiger partial charge in [-0.2, -0.15) is 0 Å². The molecule has 0 unspecified atom stereocenters. The Bertz CT molecular complexity index is 708. The molecule has 0 aliphatic heterocycles. The van der Waals surface area contributed by atoms with Gasteiger partial charge in [0.1, 0.15) is 11.6 Å². The summed E-state index contributed by atoms with van der Waals surface area (Å²) in [7, 11) is 0. The number of carbonyl (C=O) groups excluding carboxylic acids is 1. The molecule has 0 radical (unpaired) electrons. The lowest BCUT2D eigenvalue weighted by Gasteiger charge is -2.09. The highest BCUT2D eigenvalue weighted by Gasteiger charge is 2.14. The number of halogens is 4. The molecule has 2 aromatic rings. The topological polar surface area (TPSA) is 55.1 Å². The molecule has 0 heterocycles. The standard InChI is InChI=1S/C14H10Cl2F2N2O/c15-11-5-9(19)4-10(13(11)16)14(21)20-6-7-1-2-8(17)3-12(7)18/h1-5H,6,19H2,(H,20,21). The van der Waals surface area contributed by atoms with Gasteiger partial charge in [0.05, 0.1) is 15.6 Å². The zero-order valence-electron chi connectivity index (χ0n) is 10.6. The molecule has 0 aliphatic rings. The van der Waals surface area contributed by atoms with Gasteiger partial charge in [-0.05, 0) is 18.2 Å². The molecule has 7 heteroatoms. The summed E-state index contributed by atoms with van der Waals surface area (Å²) in [6.45, 7) is -0.117. The van der Waals surface area contributed by atoms with Gasteiger partial charge in [0, 0.05) is 23.9 Å². The molecule has 0 atom stereocenters. The predicted octanol–water partition coefficient (Wildman–Crippen LogP) is 3.78. The van der Waals surface area contributed by atoms with E-state index < -0.39 is 17.5 Å². The van der Waals surface area contributed by atoms with Crippen molar-refractivity contribution in [1.82, 2.24) is 5.32 Å². The zero-order valence-corrected chi connectivity index (χ0v) is 12.1. The van der Waals surface area contributed by atoms with Crippen molar-refractivity contribution < 1.29 is 13.6 Å². The summed E-state index contributed by atoms with van der Waals surface area (Å²) in [6.07, 6.45) is 0. The number of hydrogen-bond acceptors (Lipinski definition) is 2. The molecule has 3 N–H and O–H groups in total. The van der Waals surface area contributed by atoms with Crippen LogP contribution in [-0.2, 0) is 6.54 Å². The molecule has 0 bridgehead atoms. The van der Waals surface area contributed by atoms with E-state index in [2.05, 4.69) is 5.32 Å². The van der Waals surface area contributed by atoms with E-state index >= 15 is 0 Å². The Hall–Kier alpha value is -1.85. The van der Waals surface area contributed by atoms with Crippen molar-refractivity contribution in [2.75, 3.05) is 5.73 Å². The first-order chi connectivity index (χ1) is 9.88. The zero-order chi connectivity index (χ0) is 15.6. The minimum Gasteiger partial charge on any atom is -0.399 e. The van der Waals surface area contributed by atoms with Gasteiger partial charge in [0.15, 0.2) is 0 Å². The monoisotopic (exact) mass is 330 g/mol. The molecule has 0 aromatic heterocycles. The van der Waals surface area contributed by atoms with Crippen LogP contribution >= 0.6 is 23.2 Å². The second kappa shape index (κ2) is 6.28. The molecular formula is C14H10Cl2F2N2O. The van der Waals surface area contributed by atoms with Crippen LogP contribution in [0, 0.1) is 11.6 Å². The Balaban J connectivity index is 2.15. The number of nitrogen functional groups attached to an aromatic ring is 1. The third-order valence-corrected chi connectivity index (χ3v) is 3.55. The number of amides is 1. The quantitative estimate of drug-likeness (QED) is 0.841. The van der Waals surface area contributed by atoms with Crippen LogP contribution in [0.3, 0.4) is 0 Å². The largest absolute Gasteiger partial charge is 0.399 e. The van der Waals surface area contributed by atoms with Crippen molar-refractivity contribution in [3.8, 4) is 0 Å². The van der Waals surface area contributed by atoms with E-state index in [1.165, 1.54) is 18.2 Å². The summed E-state index contributed by atoms with van der Waals surface area (Å²) in [5.74, 6) is -1.99. The maximum absolute atomic E-state index is 13.5. The lowest BCUT2D eigenvalue weighted by molar-refractivity contribution is 0.0951. The average Bonchev–Trinajstić information content (AvgIpc) is 2.41. The molecule has 0 aliphatic carbocycles. The van der Waals surface area contributed by atoms with Gasteiger partial charge >= 0.3 is 0 Å². The number of nitrogens with two attached hydrogens (primary N) is 1. The number of anilines is 1. The van der Waals surface area contributed by atoms with E-state index in [1.807, 2.05) is 0 Å². The summed E-state index contributed by atoms with van der Waals surface area (Å²) in [5, 5.41) is 2.68. The number of nitrogens with one attached hydrogen (secondary N) is 1. The van der Waals surface area contributed by atoms with E-state index in [-0.39, 0.29) is 33.4 Å². The maximum Gasteiger partial charge on any atom is 0.253 e. The van der Waals surface area contributed by atoms with E-state index in [0.29, 0.717) is 0 Å². The average molecular weight is 331 g/mol. The fraction of sp³-hybridized carbons (Fsp3) is 0.0714. The normalized spacial score (nSPS) is 10.5. The minimum atomic E-state index is -0.744. The number of benzene rings is 2. The first-order valence-corrected chi connectivity index (χ1v) is 6.60. The van der Waals surface area contributed by atoms with Crippen molar-refractivity contribution in [1.29, 1.82) is 0 Å². The van der Waals surface area contributed by atoms with Gasteiger partial charge in [0.25, 0.3) is 5.91 Å². The molecule has 3 nitrogen and oxygen atoms in total. The van der Waals surface area contributed by atoms with Crippen LogP contribution in [0.1, 0.15) is 15.9 Å². The Morgan fingerprint density at radius 1 is 1.19 bits per heavy atom. The van der Waals surface area contributed by atoms with Crippen LogP contribution in [0.15, 0.2) is 30.3 Å². The maximum atomic E-state index is 13.5. The number of carbonyl (C=O) groups is 1. The summed E-state index contributed by atoms with van der Waals surface area (Å²) >= 11 is 11.8. The highest BCUT2D eigenvalue weighted by Crippen LogP contribution is 2.28. The highest BCUT2D eigenvalue weighted by molar-refractivity contribution is 6.44. The van der Waals surface area contributed by atoms with Gasteiger partial charge in [0.2, 0.25) is 0 Å². The summed E-state index contributed by atoms with van der Waals surface area (Å²) in [4.78, 5) is 12.0. The molecular weight excluding hydrogens is 321 g/mol. The van der Waals surface area contributed by atoms with E-state index in [1.54, 1.807) is 0 Å². The Morgan fingerprint density at radius 3 is 2.57 bits per heavy atom. The van der Waals surface area contributed by atoms with Crippen LogP contribution in [-0.4, -0.2) is 5.91 Å². The first-order valence-electron chi connectivity index (χ1n) is 5.85. The minimum absolute atomic E-state index is 0.0583. The second-order valence-corrected chi connectivity index (χ2v) is 5.07. The Labute approximate surface area is 129 Å². The lowest BCUT2D eigenvalue weighted by atomic mass is 10.1. The number of hydrogen-bond donors (Lipinski definition) is 2. The molecule has 0 fully saturated rings. The molecule has 2 aromatic carbocycles. The third-order valence-electron chi connectivity index (χ3n) is 2.75. The fourth-order valence-electron chi connectivity index (χ4n) is 1.71. The molecule has 1 amide bonds. The van der Waals surface area contributed by atoms with Crippen LogP contribution < -0.4 is 11.1 Å². The van der Waals surface area contributed by atoms with Crippen LogP contribution in [0.25, 0.3) is 0 Å². The SMILES string of the molecule is Nc1cc(Cl)c(Cl)c(C(=O)NCc2ccc(F)cc2F)c1. The smallest absolute Gasteiger partial charge is 0.253 e.